The number of sulfonamides is 1. The zero-order valence-corrected chi connectivity index (χ0v) is 17.1. The Hall–Kier alpha value is -2.20. The van der Waals surface area contributed by atoms with Crippen molar-refractivity contribution in [2.45, 2.75) is 51.6 Å². The quantitative estimate of drug-likeness (QED) is 0.628. The van der Waals surface area contributed by atoms with Crippen molar-refractivity contribution in [3.63, 3.8) is 0 Å². The summed E-state index contributed by atoms with van der Waals surface area (Å²) in [6.45, 7) is 8.35. The molecule has 0 aliphatic rings. The molecule has 0 fully saturated rings. The summed E-state index contributed by atoms with van der Waals surface area (Å²) in [6.07, 6.45) is 1.10. The van der Waals surface area contributed by atoms with E-state index >= 15 is 0 Å². The number of carbonyl (C=O) groups excluding carboxylic acids is 2. The minimum atomic E-state index is -3.76. The largest absolute Gasteiger partial charge is 0.454 e. The molecule has 0 radical (unpaired) electrons. The van der Waals surface area contributed by atoms with Crippen molar-refractivity contribution in [1.29, 1.82) is 0 Å². The Morgan fingerprint density at radius 2 is 1.78 bits per heavy atom. The molecule has 10 heteroatoms. The van der Waals surface area contributed by atoms with Gasteiger partial charge in [-0.15, -0.1) is 0 Å². The first kappa shape index (κ1) is 22.8. The van der Waals surface area contributed by atoms with E-state index in [1.54, 1.807) is 34.6 Å². The minimum absolute atomic E-state index is 0.0934. The molecule has 0 aliphatic heterocycles. The number of esters is 1. The van der Waals surface area contributed by atoms with Crippen molar-refractivity contribution < 1.29 is 22.7 Å². The van der Waals surface area contributed by atoms with Gasteiger partial charge >= 0.3 is 5.97 Å². The van der Waals surface area contributed by atoms with Gasteiger partial charge in [0.05, 0.1) is 4.90 Å². The van der Waals surface area contributed by atoms with Crippen molar-refractivity contribution in [3.05, 3.63) is 28.7 Å². The Bertz CT molecular complexity index is 835. The highest BCUT2D eigenvalue weighted by Crippen LogP contribution is 2.13. The third-order valence-electron chi connectivity index (χ3n) is 3.48. The van der Waals surface area contributed by atoms with Gasteiger partial charge < -0.3 is 14.6 Å². The fourth-order valence-corrected chi connectivity index (χ4v) is 3.76. The number of hydrogen-bond acceptors (Lipinski definition) is 6. The van der Waals surface area contributed by atoms with Gasteiger partial charge in [0, 0.05) is 30.9 Å². The maximum absolute atomic E-state index is 12.5. The van der Waals surface area contributed by atoms with Crippen LogP contribution in [0.25, 0.3) is 0 Å². The molecule has 0 atom stereocenters. The van der Waals surface area contributed by atoms with Crippen LogP contribution in [0.2, 0.25) is 0 Å². The fourth-order valence-electron chi connectivity index (χ4n) is 2.28. The van der Waals surface area contributed by atoms with Gasteiger partial charge in [0.15, 0.2) is 6.61 Å². The van der Waals surface area contributed by atoms with Crippen LogP contribution in [-0.4, -0.2) is 54.4 Å². The van der Waals surface area contributed by atoms with Crippen LogP contribution < -0.4 is 10.9 Å². The summed E-state index contributed by atoms with van der Waals surface area (Å²) in [4.78, 5) is 35.4. The Labute approximate surface area is 159 Å². The average Bonchev–Trinajstić information content (AvgIpc) is 2.54. The van der Waals surface area contributed by atoms with Gasteiger partial charge in [-0.3, -0.25) is 14.4 Å². The summed E-state index contributed by atoms with van der Waals surface area (Å²) in [7, 11) is -3.76. The Balaban J connectivity index is 2.88. The van der Waals surface area contributed by atoms with E-state index in [0.717, 1.165) is 16.8 Å². The lowest BCUT2D eigenvalue weighted by Gasteiger charge is -2.20. The number of nitrogens with one attached hydrogen (secondary N) is 1. The molecule has 1 aromatic rings. The van der Waals surface area contributed by atoms with Gasteiger partial charge in [0.25, 0.3) is 11.5 Å². The van der Waals surface area contributed by atoms with E-state index in [1.807, 2.05) is 0 Å². The van der Waals surface area contributed by atoms with E-state index in [1.165, 1.54) is 10.4 Å². The van der Waals surface area contributed by atoms with Crippen LogP contribution >= 0.6 is 0 Å². The Morgan fingerprint density at radius 1 is 1.19 bits per heavy atom. The lowest BCUT2D eigenvalue weighted by molar-refractivity contribution is -0.149. The van der Waals surface area contributed by atoms with Crippen LogP contribution in [0.3, 0.4) is 0 Å². The standard InChI is InChI=1S/C17H27N3O6S/c1-6-20(7-2)27(24,25)13-8-9-15(22)19(10-13)11-16(23)26-12-14(21)18-17(3,4)5/h8-10H,6-7,11-12H2,1-5H3,(H,18,21). The first-order valence-electron chi connectivity index (χ1n) is 8.58. The van der Waals surface area contributed by atoms with E-state index < -0.39 is 46.1 Å². The van der Waals surface area contributed by atoms with E-state index in [9.17, 15) is 22.8 Å². The van der Waals surface area contributed by atoms with Crippen LogP contribution in [0.4, 0.5) is 0 Å². The normalized spacial score (nSPS) is 12.1. The second-order valence-corrected chi connectivity index (χ2v) is 8.82. The zero-order valence-electron chi connectivity index (χ0n) is 16.3. The molecule has 0 saturated heterocycles. The maximum Gasteiger partial charge on any atom is 0.326 e. The highest BCUT2D eigenvalue weighted by Gasteiger charge is 2.23. The first-order chi connectivity index (χ1) is 12.4. The summed E-state index contributed by atoms with van der Waals surface area (Å²) < 4.78 is 32.1. The predicted molar refractivity (Wildman–Crippen MR) is 99.7 cm³/mol. The number of ether oxygens (including phenoxy) is 1. The number of amides is 1. The van der Waals surface area contributed by atoms with Gasteiger partial charge in [0.1, 0.15) is 6.54 Å². The second-order valence-electron chi connectivity index (χ2n) is 6.88. The van der Waals surface area contributed by atoms with Crippen molar-refractivity contribution in [2.75, 3.05) is 19.7 Å². The van der Waals surface area contributed by atoms with Crippen molar-refractivity contribution in [3.8, 4) is 0 Å². The lowest BCUT2D eigenvalue weighted by Crippen LogP contribution is -2.43. The SMILES string of the molecule is CCN(CC)S(=O)(=O)c1ccc(=O)n(CC(=O)OCC(=O)NC(C)(C)C)c1. The molecule has 0 saturated carbocycles. The number of nitrogens with zero attached hydrogens (tertiary/aromatic N) is 2. The second kappa shape index (κ2) is 9.14. The minimum Gasteiger partial charge on any atom is -0.454 e. The van der Waals surface area contributed by atoms with Crippen molar-refractivity contribution >= 4 is 21.9 Å². The highest BCUT2D eigenvalue weighted by atomic mass is 32.2. The fraction of sp³-hybridized carbons (Fsp3) is 0.588. The summed E-state index contributed by atoms with van der Waals surface area (Å²) in [5.74, 6) is -1.29. The number of aromatic nitrogens is 1. The lowest BCUT2D eigenvalue weighted by atomic mass is 10.1. The van der Waals surface area contributed by atoms with E-state index in [0.29, 0.717) is 0 Å². The molecule has 1 amide bonds. The molecule has 0 bridgehead atoms. The third-order valence-corrected chi connectivity index (χ3v) is 5.51. The van der Waals surface area contributed by atoms with Gasteiger partial charge in [0.2, 0.25) is 10.0 Å². The highest BCUT2D eigenvalue weighted by molar-refractivity contribution is 7.89. The van der Waals surface area contributed by atoms with E-state index in [-0.39, 0.29) is 18.0 Å². The summed E-state index contributed by atoms with van der Waals surface area (Å²) >= 11 is 0. The molecule has 9 nitrogen and oxygen atoms in total. The van der Waals surface area contributed by atoms with Crippen LogP contribution in [0, 0.1) is 0 Å². The molecule has 0 spiro atoms. The first-order valence-corrected chi connectivity index (χ1v) is 10.0. The van der Waals surface area contributed by atoms with Gasteiger partial charge in [-0.1, -0.05) is 13.8 Å². The topological polar surface area (TPSA) is 115 Å². The molecule has 0 aromatic carbocycles. The molecule has 27 heavy (non-hydrogen) atoms. The summed E-state index contributed by atoms with van der Waals surface area (Å²) in [5.41, 5.74) is -1.02. The van der Waals surface area contributed by atoms with Crippen LogP contribution in [-0.2, 0) is 30.9 Å². The smallest absolute Gasteiger partial charge is 0.326 e. The number of carbonyl (C=O) groups is 2. The van der Waals surface area contributed by atoms with E-state index in [4.69, 9.17) is 4.74 Å². The Kier molecular flexibility index (Phi) is 7.73. The van der Waals surface area contributed by atoms with Crippen molar-refractivity contribution in [2.24, 2.45) is 0 Å². The molecule has 1 rings (SSSR count). The molecule has 1 aromatic heterocycles. The Morgan fingerprint density at radius 3 is 2.30 bits per heavy atom. The molecular weight excluding hydrogens is 374 g/mol. The number of rotatable bonds is 8. The number of hydrogen-bond donors (Lipinski definition) is 1. The molecule has 0 unspecified atom stereocenters. The molecule has 0 aliphatic carbocycles. The summed E-state index contributed by atoms with van der Waals surface area (Å²) in [6, 6.07) is 2.28. The molecule has 1 heterocycles. The average molecular weight is 401 g/mol. The van der Waals surface area contributed by atoms with Gasteiger partial charge in [-0.2, -0.15) is 4.31 Å². The third kappa shape index (κ3) is 6.79. The van der Waals surface area contributed by atoms with Crippen LogP contribution in [0.15, 0.2) is 28.0 Å². The van der Waals surface area contributed by atoms with Gasteiger partial charge in [-0.25, -0.2) is 8.42 Å². The van der Waals surface area contributed by atoms with Gasteiger partial charge in [-0.05, 0) is 26.8 Å². The molecular formula is C17H27N3O6S. The predicted octanol–water partition coefficient (Wildman–Crippen LogP) is 0.337. The van der Waals surface area contributed by atoms with Crippen LogP contribution in [0.1, 0.15) is 34.6 Å². The maximum atomic E-state index is 12.5. The molecule has 152 valence electrons. The number of pyridine rings is 1. The van der Waals surface area contributed by atoms with E-state index in [2.05, 4.69) is 5.32 Å². The monoisotopic (exact) mass is 401 g/mol. The van der Waals surface area contributed by atoms with Crippen molar-refractivity contribution in [1.82, 2.24) is 14.2 Å². The summed E-state index contributed by atoms with van der Waals surface area (Å²) in [5, 5.41) is 2.63. The zero-order chi connectivity index (χ0) is 20.8. The molecule has 1 N–H and O–H groups in total. The van der Waals surface area contributed by atoms with Crippen LogP contribution in [0.5, 0.6) is 0 Å².